The quantitative estimate of drug-likeness (QED) is 0.608. The van der Waals surface area contributed by atoms with E-state index in [9.17, 15) is 0 Å². The maximum Gasteiger partial charge on any atom is 0.137 e. The normalized spacial score (nSPS) is 10.1. The fourth-order valence-electron chi connectivity index (χ4n) is 1.29. The van der Waals surface area contributed by atoms with Crippen LogP contribution < -0.4 is 4.74 Å². The Labute approximate surface area is 90.4 Å². The van der Waals surface area contributed by atoms with Crippen LogP contribution in [-0.2, 0) is 0 Å². The van der Waals surface area contributed by atoms with Crippen molar-refractivity contribution >= 4 is 17.4 Å². The van der Waals surface area contributed by atoms with Crippen molar-refractivity contribution in [3.05, 3.63) is 22.9 Å². The Morgan fingerprint density at radius 1 is 1.43 bits per heavy atom. The third kappa shape index (κ3) is 3.54. The largest absolute Gasteiger partial charge is 0.492 e. The van der Waals surface area contributed by atoms with Crippen LogP contribution >= 0.6 is 11.3 Å². The third-order valence-corrected chi connectivity index (χ3v) is 2.99. The van der Waals surface area contributed by atoms with Gasteiger partial charge in [0.25, 0.3) is 0 Å². The van der Waals surface area contributed by atoms with Crippen LogP contribution in [0, 0.1) is 0 Å². The first-order valence-electron chi connectivity index (χ1n) is 5.21. The highest BCUT2D eigenvalue weighted by molar-refractivity contribution is 7.11. The smallest absolute Gasteiger partial charge is 0.137 e. The van der Waals surface area contributed by atoms with E-state index in [4.69, 9.17) is 4.74 Å². The minimum absolute atomic E-state index is 0.831. The second-order valence-electron chi connectivity index (χ2n) is 3.26. The highest BCUT2D eigenvalue weighted by atomic mass is 32.1. The Hall–Kier alpha value is -0.760. The van der Waals surface area contributed by atoms with Gasteiger partial charge in [-0.2, -0.15) is 0 Å². The zero-order valence-electron chi connectivity index (χ0n) is 8.79. The molecule has 0 saturated carbocycles. The lowest BCUT2D eigenvalue weighted by atomic mass is 10.2. The number of rotatable bonds is 7. The molecule has 1 heterocycles. The first kappa shape index (κ1) is 11.3. The van der Waals surface area contributed by atoms with Gasteiger partial charge in [-0.3, -0.25) is 0 Å². The Bertz CT molecular complexity index is 265. The summed E-state index contributed by atoms with van der Waals surface area (Å²) in [5.74, 6) is 0.987. The fraction of sp³-hybridized carbons (Fsp3) is 0.500. The summed E-state index contributed by atoms with van der Waals surface area (Å²) in [6, 6.07) is 2.02. The average molecular weight is 210 g/mol. The predicted octanol–water partition coefficient (Wildman–Crippen LogP) is 4.35. The van der Waals surface area contributed by atoms with E-state index in [1.807, 2.05) is 17.5 Å². The van der Waals surface area contributed by atoms with E-state index >= 15 is 0 Å². The van der Waals surface area contributed by atoms with Crippen molar-refractivity contribution in [1.29, 1.82) is 0 Å². The highest BCUT2D eigenvalue weighted by Crippen LogP contribution is 2.25. The molecule has 2 heteroatoms. The molecule has 0 aliphatic carbocycles. The van der Waals surface area contributed by atoms with Crippen LogP contribution in [0.5, 0.6) is 5.75 Å². The summed E-state index contributed by atoms with van der Waals surface area (Å²) in [6.45, 7) is 6.80. The maximum atomic E-state index is 5.65. The minimum atomic E-state index is 0.831. The molecular weight excluding hydrogens is 192 g/mol. The standard InChI is InChI=1S/C12H18OS/c1-3-5-6-7-9-13-11-8-10-14-12(11)4-2/h4,8,10H,2-3,5-7,9H2,1H3. The molecule has 1 rings (SSSR count). The fourth-order valence-corrected chi connectivity index (χ4v) is 1.97. The SMILES string of the molecule is C=Cc1sccc1OCCCCCC. The van der Waals surface area contributed by atoms with E-state index in [0.29, 0.717) is 0 Å². The van der Waals surface area contributed by atoms with Crippen LogP contribution in [-0.4, -0.2) is 6.61 Å². The van der Waals surface area contributed by atoms with Gasteiger partial charge in [0.2, 0.25) is 0 Å². The first-order valence-corrected chi connectivity index (χ1v) is 6.09. The van der Waals surface area contributed by atoms with Crippen molar-refractivity contribution in [2.45, 2.75) is 32.6 Å². The van der Waals surface area contributed by atoms with Gasteiger partial charge < -0.3 is 4.74 Å². The second-order valence-corrected chi connectivity index (χ2v) is 4.21. The molecule has 0 spiro atoms. The summed E-state index contributed by atoms with van der Waals surface area (Å²) in [7, 11) is 0. The van der Waals surface area contributed by atoms with Gasteiger partial charge >= 0.3 is 0 Å². The van der Waals surface area contributed by atoms with Crippen molar-refractivity contribution in [3.8, 4) is 5.75 Å². The molecule has 0 amide bonds. The highest BCUT2D eigenvalue weighted by Gasteiger charge is 2.00. The molecule has 1 nitrogen and oxygen atoms in total. The topological polar surface area (TPSA) is 9.23 Å². The van der Waals surface area contributed by atoms with Crippen molar-refractivity contribution in [2.24, 2.45) is 0 Å². The van der Waals surface area contributed by atoms with Crippen LogP contribution in [0.1, 0.15) is 37.5 Å². The van der Waals surface area contributed by atoms with Crippen molar-refractivity contribution in [2.75, 3.05) is 6.61 Å². The van der Waals surface area contributed by atoms with Crippen LogP contribution in [0.4, 0.5) is 0 Å². The number of ether oxygens (including phenoxy) is 1. The maximum absolute atomic E-state index is 5.65. The van der Waals surface area contributed by atoms with Gasteiger partial charge in [-0.15, -0.1) is 11.3 Å². The van der Waals surface area contributed by atoms with Crippen molar-refractivity contribution < 1.29 is 4.74 Å². The molecule has 0 aromatic carbocycles. The zero-order chi connectivity index (χ0) is 10.2. The summed E-state index contributed by atoms with van der Waals surface area (Å²) in [6.07, 6.45) is 6.86. The summed E-state index contributed by atoms with van der Waals surface area (Å²) >= 11 is 1.67. The number of thiophene rings is 1. The molecule has 0 N–H and O–H groups in total. The molecule has 0 bridgehead atoms. The summed E-state index contributed by atoms with van der Waals surface area (Å²) in [5.41, 5.74) is 0. The van der Waals surface area contributed by atoms with E-state index in [1.165, 1.54) is 19.3 Å². The molecule has 0 fully saturated rings. The Kier molecular flexibility index (Phi) is 5.38. The van der Waals surface area contributed by atoms with Crippen molar-refractivity contribution in [3.63, 3.8) is 0 Å². The van der Waals surface area contributed by atoms with Gasteiger partial charge in [0.15, 0.2) is 0 Å². The lowest BCUT2D eigenvalue weighted by molar-refractivity contribution is 0.306. The summed E-state index contributed by atoms with van der Waals surface area (Å²) < 4.78 is 5.65. The molecule has 0 aliphatic heterocycles. The average Bonchev–Trinajstić information content (AvgIpc) is 2.65. The van der Waals surface area contributed by atoms with Crippen LogP contribution in [0.2, 0.25) is 0 Å². The second kappa shape index (κ2) is 6.66. The molecule has 0 radical (unpaired) electrons. The molecule has 0 saturated heterocycles. The Morgan fingerprint density at radius 3 is 3.00 bits per heavy atom. The molecule has 0 aliphatic rings. The Balaban J connectivity index is 2.21. The monoisotopic (exact) mass is 210 g/mol. The van der Waals surface area contributed by atoms with E-state index in [-0.39, 0.29) is 0 Å². The van der Waals surface area contributed by atoms with E-state index in [1.54, 1.807) is 11.3 Å². The predicted molar refractivity (Wildman–Crippen MR) is 64.0 cm³/mol. The van der Waals surface area contributed by atoms with Crippen LogP contribution in [0.15, 0.2) is 18.0 Å². The van der Waals surface area contributed by atoms with Crippen molar-refractivity contribution in [1.82, 2.24) is 0 Å². The number of hydrogen-bond acceptors (Lipinski definition) is 2. The number of hydrogen-bond donors (Lipinski definition) is 0. The van der Waals surface area contributed by atoms with Gasteiger partial charge in [-0.25, -0.2) is 0 Å². The molecule has 0 unspecified atom stereocenters. The summed E-state index contributed by atoms with van der Waals surface area (Å²) in [5, 5.41) is 2.04. The summed E-state index contributed by atoms with van der Waals surface area (Å²) in [4.78, 5) is 1.14. The van der Waals surface area contributed by atoms with Gasteiger partial charge in [-0.1, -0.05) is 32.8 Å². The first-order chi connectivity index (χ1) is 6.88. The minimum Gasteiger partial charge on any atom is -0.492 e. The number of unbranched alkanes of at least 4 members (excludes halogenated alkanes) is 3. The van der Waals surface area contributed by atoms with E-state index in [2.05, 4.69) is 13.5 Å². The molecule has 14 heavy (non-hydrogen) atoms. The van der Waals surface area contributed by atoms with Crippen LogP contribution in [0.25, 0.3) is 6.08 Å². The van der Waals surface area contributed by atoms with Gasteiger partial charge in [0.05, 0.1) is 11.5 Å². The van der Waals surface area contributed by atoms with E-state index < -0.39 is 0 Å². The van der Waals surface area contributed by atoms with Crippen LogP contribution in [0.3, 0.4) is 0 Å². The molecule has 0 atom stereocenters. The molecule has 78 valence electrons. The van der Waals surface area contributed by atoms with Gasteiger partial charge in [-0.05, 0) is 23.9 Å². The lowest BCUT2D eigenvalue weighted by Gasteiger charge is -2.04. The molecule has 1 aromatic heterocycles. The van der Waals surface area contributed by atoms with Gasteiger partial charge in [0.1, 0.15) is 5.75 Å². The van der Waals surface area contributed by atoms with E-state index in [0.717, 1.165) is 23.7 Å². The Morgan fingerprint density at radius 2 is 2.29 bits per heavy atom. The molecular formula is C12H18OS. The zero-order valence-corrected chi connectivity index (χ0v) is 9.61. The third-order valence-electron chi connectivity index (χ3n) is 2.10. The van der Waals surface area contributed by atoms with Gasteiger partial charge in [0, 0.05) is 0 Å². The molecule has 1 aromatic rings. The lowest BCUT2D eigenvalue weighted by Crippen LogP contribution is -1.96.